The molecule has 1 unspecified atom stereocenters. The molecule has 0 bridgehead atoms. The lowest BCUT2D eigenvalue weighted by Gasteiger charge is -2.06. The highest BCUT2D eigenvalue weighted by Crippen LogP contribution is 2.15. The number of carbonyl (C=O) groups is 1. The summed E-state index contributed by atoms with van der Waals surface area (Å²) in [6.07, 6.45) is 1.96. The fourth-order valence-electron chi connectivity index (χ4n) is 1.000. The van der Waals surface area contributed by atoms with Crippen molar-refractivity contribution in [3.8, 4) is 0 Å². The van der Waals surface area contributed by atoms with E-state index in [1.807, 2.05) is 13.8 Å². The Labute approximate surface area is 93.1 Å². The van der Waals surface area contributed by atoms with Gasteiger partial charge >= 0.3 is 0 Å². The van der Waals surface area contributed by atoms with Crippen LogP contribution in [0.25, 0.3) is 0 Å². The first-order chi connectivity index (χ1) is 7.15. The second kappa shape index (κ2) is 5.77. The fourth-order valence-corrected chi connectivity index (χ4v) is 1.70. The van der Waals surface area contributed by atoms with Crippen LogP contribution in [0, 0.1) is 0 Å². The molecule has 0 saturated carbocycles. The predicted octanol–water partition coefficient (Wildman–Crippen LogP) is 1.17. The molecule has 0 spiro atoms. The van der Waals surface area contributed by atoms with Crippen LogP contribution in [0.4, 0.5) is 5.13 Å². The number of nitrogens with zero attached hydrogens (tertiary/aromatic N) is 2. The van der Waals surface area contributed by atoms with Crippen molar-refractivity contribution in [3.05, 3.63) is 5.01 Å². The van der Waals surface area contributed by atoms with Gasteiger partial charge in [0.2, 0.25) is 11.0 Å². The minimum absolute atomic E-state index is 0.0800. The summed E-state index contributed by atoms with van der Waals surface area (Å²) >= 11 is 1.40. The molecule has 1 aromatic heterocycles. The summed E-state index contributed by atoms with van der Waals surface area (Å²) in [5, 5.41) is 11.9. The molecule has 15 heavy (non-hydrogen) atoms. The largest absolute Gasteiger partial charge is 0.327 e. The zero-order chi connectivity index (χ0) is 11.3. The molecule has 0 aliphatic carbocycles. The third kappa shape index (κ3) is 3.93. The lowest BCUT2D eigenvalue weighted by molar-refractivity contribution is -0.116. The molecule has 0 saturated heterocycles. The molecule has 1 heterocycles. The summed E-state index contributed by atoms with van der Waals surface area (Å²) in [7, 11) is 0. The van der Waals surface area contributed by atoms with E-state index >= 15 is 0 Å². The third-order valence-corrected chi connectivity index (χ3v) is 2.97. The van der Waals surface area contributed by atoms with Gasteiger partial charge in [-0.25, -0.2) is 0 Å². The SMILES string of the molecule is CCc1nnc(NC(=O)CC(N)CC)s1. The summed E-state index contributed by atoms with van der Waals surface area (Å²) in [6, 6.07) is -0.0800. The van der Waals surface area contributed by atoms with Crippen LogP contribution in [0.1, 0.15) is 31.7 Å². The van der Waals surface area contributed by atoms with Gasteiger partial charge in [-0.1, -0.05) is 25.2 Å². The van der Waals surface area contributed by atoms with Gasteiger partial charge in [0.05, 0.1) is 0 Å². The van der Waals surface area contributed by atoms with Crippen LogP contribution in [0.15, 0.2) is 0 Å². The molecular formula is C9H16N4OS. The van der Waals surface area contributed by atoms with Gasteiger partial charge in [0.1, 0.15) is 5.01 Å². The highest BCUT2D eigenvalue weighted by Gasteiger charge is 2.10. The molecule has 1 amide bonds. The Morgan fingerprint density at radius 1 is 1.53 bits per heavy atom. The van der Waals surface area contributed by atoms with E-state index in [0.717, 1.165) is 17.8 Å². The average molecular weight is 228 g/mol. The minimum Gasteiger partial charge on any atom is -0.327 e. The van der Waals surface area contributed by atoms with Crippen molar-refractivity contribution in [2.24, 2.45) is 5.73 Å². The van der Waals surface area contributed by atoms with E-state index < -0.39 is 0 Å². The van der Waals surface area contributed by atoms with E-state index in [4.69, 9.17) is 5.73 Å². The van der Waals surface area contributed by atoms with Crippen molar-refractivity contribution >= 4 is 22.4 Å². The number of hydrogen-bond donors (Lipinski definition) is 2. The van der Waals surface area contributed by atoms with Crippen LogP contribution in [-0.4, -0.2) is 22.1 Å². The van der Waals surface area contributed by atoms with Crippen LogP contribution >= 0.6 is 11.3 Å². The third-order valence-electron chi connectivity index (χ3n) is 1.99. The van der Waals surface area contributed by atoms with Crippen LogP contribution < -0.4 is 11.1 Å². The first-order valence-corrected chi connectivity index (χ1v) is 5.85. The summed E-state index contributed by atoms with van der Waals surface area (Å²) < 4.78 is 0. The number of rotatable bonds is 5. The Morgan fingerprint density at radius 3 is 2.80 bits per heavy atom. The lowest BCUT2D eigenvalue weighted by atomic mass is 10.2. The van der Waals surface area contributed by atoms with Crippen molar-refractivity contribution in [3.63, 3.8) is 0 Å². The lowest BCUT2D eigenvalue weighted by Crippen LogP contribution is -2.26. The summed E-state index contributed by atoms with van der Waals surface area (Å²) in [4.78, 5) is 11.4. The van der Waals surface area contributed by atoms with Crippen molar-refractivity contribution in [1.29, 1.82) is 0 Å². The predicted molar refractivity (Wildman–Crippen MR) is 60.8 cm³/mol. The van der Waals surface area contributed by atoms with Crippen molar-refractivity contribution in [1.82, 2.24) is 10.2 Å². The van der Waals surface area contributed by atoms with Crippen molar-refractivity contribution < 1.29 is 4.79 Å². The van der Waals surface area contributed by atoms with Gasteiger partial charge in [-0.05, 0) is 12.8 Å². The Morgan fingerprint density at radius 2 is 2.27 bits per heavy atom. The minimum atomic E-state index is -0.0943. The second-order valence-electron chi connectivity index (χ2n) is 3.28. The number of hydrogen-bond acceptors (Lipinski definition) is 5. The molecule has 6 heteroatoms. The first kappa shape index (κ1) is 12.1. The average Bonchev–Trinajstić information content (AvgIpc) is 2.65. The number of amides is 1. The smallest absolute Gasteiger partial charge is 0.227 e. The molecule has 0 aromatic carbocycles. The molecule has 1 rings (SSSR count). The number of nitrogens with one attached hydrogen (secondary N) is 1. The van der Waals surface area contributed by atoms with Gasteiger partial charge < -0.3 is 11.1 Å². The number of aromatic nitrogens is 2. The number of aryl methyl sites for hydroxylation is 1. The highest BCUT2D eigenvalue weighted by atomic mass is 32.1. The van der Waals surface area contributed by atoms with Gasteiger partial charge in [-0.2, -0.15) is 0 Å². The molecule has 0 aliphatic heterocycles. The normalized spacial score (nSPS) is 12.5. The van der Waals surface area contributed by atoms with Gasteiger partial charge in [0.15, 0.2) is 0 Å². The van der Waals surface area contributed by atoms with Gasteiger partial charge in [-0.3, -0.25) is 4.79 Å². The van der Waals surface area contributed by atoms with Crippen LogP contribution in [0.2, 0.25) is 0 Å². The zero-order valence-corrected chi connectivity index (χ0v) is 9.80. The highest BCUT2D eigenvalue weighted by molar-refractivity contribution is 7.15. The number of carbonyl (C=O) groups excluding carboxylic acids is 1. The van der Waals surface area contributed by atoms with Crippen LogP contribution in [0.3, 0.4) is 0 Å². The van der Waals surface area contributed by atoms with Crippen molar-refractivity contribution in [2.45, 2.75) is 39.2 Å². The summed E-state index contributed by atoms with van der Waals surface area (Å²) in [6.45, 7) is 3.96. The molecule has 0 fully saturated rings. The standard InChI is InChI=1S/C9H16N4OS/c1-3-6(10)5-7(14)11-9-13-12-8(4-2)15-9/h6H,3-5,10H2,1-2H3,(H,11,13,14). The molecule has 0 aliphatic rings. The Bertz CT molecular complexity index is 326. The van der Waals surface area contributed by atoms with Crippen molar-refractivity contribution in [2.75, 3.05) is 5.32 Å². The van der Waals surface area contributed by atoms with E-state index in [-0.39, 0.29) is 11.9 Å². The van der Waals surface area contributed by atoms with Gasteiger partial charge in [-0.15, -0.1) is 10.2 Å². The maximum Gasteiger partial charge on any atom is 0.227 e. The maximum atomic E-state index is 11.4. The molecular weight excluding hydrogens is 212 g/mol. The van der Waals surface area contributed by atoms with E-state index in [9.17, 15) is 4.79 Å². The molecule has 1 aromatic rings. The Balaban J connectivity index is 2.44. The Kier molecular flexibility index (Phi) is 4.64. The maximum absolute atomic E-state index is 11.4. The van der Waals surface area contributed by atoms with E-state index in [1.165, 1.54) is 11.3 Å². The van der Waals surface area contributed by atoms with Gasteiger partial charge in [0.25, 0.3) is 0 Å². The number of nitrogens with two attached hydrogens (primary N) is 1. The van der Waals surface area contributed by atoms with E-state index in [0.29, 0.717) is 11.6 Å². The molecule has 84 valence electrons. The summed E-state index contributed by atoms with van der Waals surface area (Å²) in [5.74, 6) is -0.0943. The quantitative estimate of drug-likeness (QED) is 0.792. The number of anilines is 1. The summed E-state index contributed by atoms with van der Waals surface area (Å²) in [5.41, 5.74) is 5.67. The first-order valence-electron chi connectivity index (χ1n) is 5.03. The second-order valence-corrected chi connectivity index (χ2v) is 4.34. The van der Waals surface area contributed by atoms with E-state index in [2.05, 4.69) is 15.5 Å². The molecule has 1 atom stereocenters. The molecule has 3 N–H and O–H groups in total. The fraction of sp³-hybridized carbons (Fsp3) is 0.667. The zero-order valence-electron chi connectivity index (χ0n) is 8.99. The van der Waals surface area contributed by atoms with Gasteiger partial charge in [0, 0.05) is 12.5 Å². The van der Waals surface area contributed by atoms with Crippen LogP contribution in [-0.2, 0) is 11.2 Å². The van der Waals surface area contributed by atoms with Crippen LogP contribution in [0.5, 0.6) is 0 Å². The topological polar surface area (TPSA) is 80.9 Å². The monoisotopic (exact) mass is 228 g/mol. The molecule has 0 radical (unpaired) electrons. The Hall–Kier alpha value is -1.01. The molecule has 5 nitrogen and oxygen atoms in total. The van der Waals surface area contributed by atoms with E-state index in [1.54, 1.807) is 0 Å².